The van der Waals surface area contributed by atoms with Crippen LogP contribution in [0.2, 0.25) is 0 Å². The van der Waals surface area contributed by atoms with Crippen molar-refractivity contribution in [2.45, 2.75) is 26.3 Å². The van der Waals surface area contributed by atoms with Gasteiger partial charge in [-0.3, -0.25) is 0 Å². The maximum Gasteiger partial charge on any atom is 0.317 e. The zero-order chi connectivity index (χ0) is 11.9. The van der Waals surface area contributed by atoms with Gasteiger partial charge in [-0.1, -0.05) is 0 Å². The topological polar surface area (TPSA) is 35.6 Å². The lowest BCUT2D eigenvalue weighted by Crippen LogP contribution is -2.48. The molecule has 0 aromatic carbocycles. The van der Waals surface area contributed by atoms with Crippen LogP contribution in [0.1, 0.15) is 20.8 Å². The first-order valence-corrected chi connectivity index (χ1v) is 6.11. The maximum atomic E-state index is 12.0. The fourth-order valence-corrected chi connectivity index (χ4v) is 2.79. The minimum Gasteiger partial charge on any atom is -0.333 e. The number of carbonyl (C=O) groups excluding carboxylic acids is 1. The molecule has 2 aliphatic rings. The lowest BCUT2D eigenvalue weighted by atomic mass is 10.0. The van der Waals surface area contributed by atoms with Crippen LogP contribution in [0.5, 0.6) is 0 Å². The van der Waals surface area contributed by atoms with Crippen LogP contribution in [-0.2, 0) is 0 Å². The fraction of sp³-hybridized carbons (Fsp3) is 0.917. The summed E-state index contributed by atoms with van der Waals surface area (Å²) in [5, 5.41) is 3.03. The molecule has 2 aliphatic heterocycles. The highest BCUT2D eigenvalue weighted by Crippen LogP contribution is 2.30. The van der Waals surface area contributed by atoms with E-state index in [0.29, 0.717) is 11.8 Å². The summed E-state index contributed by atoms with van der Waals surface area (Å²) in [7, 11) is 2.16. The average Bonchev–Trinajstić information content (AvgIpc) is 2.56. The predicted octanol–water partition coefficient (Wildman–Crippen LogP) is 0.988. The van der Waals surface area contributed by atoms with Crippen LogP contribution in [0.3, 0.4) is 0 Å². The highest BCUT2D eigenvalue weighted by Gasteiger charge is 2.40. The second-order valence-corrected chi connectivity index (χ2v) is 6.33. The van der Waals surface area contributed by atoms with E-state index in [0.717, 1.165) is 26.2 Å². The van der Waals surface area contributed by atoms with Crippen LogP contribution in [0.25, 0.3) is 0 Å². The molecule has 16 heavy (non-hydrogen) atoms. The Hall–Kier alpha value is -0.770. The summed E-state index contributed by atoms with van der Waals surface area (Å²) in [6, 6.07) is 0.101. The molecule has 0 radical (unpaired) electrons. The fourth-order valence-electron chi connectivity index (χ4n) is 2.79. The molecule has 2 heterocycles. The minimum atomic E-state index is -0.133. The maximum absolute atomic E-state index is 12.0. The number of rotatable bonds is 0. The summed E-state index contributed by atoms with van der Waals surface area (Å²) in [6.07, 6.45) is 0. The Kier molecular flexibility index (Phi) is 2.86. The van der Waals surface area contributed by atoms with Crippen LogP contribution in [-0.4, -0.2) is 54.6 Å². The highest BCUT2D eigenvalue weighted by atomic mass is 16.2. The van der Waals surface area contributed by atoms with Gasteiger partial charge in [-0.05, 0) is 39.7 Å². The molecule has 4 nitrogen and oxygen atoms in total. The Labute approximate surface area is 98.0 Å². The Balaban J connectivity index is 1.88. The second kappa shape index (κ2) is 3.91. The van der Waals surface area contributed by atoms with E-state index in [-0.39, 0.29) is 11.6 Å². The molecule has 2 saturated heterocycles. The molecule has 0 unspecified atom stereocenters. The lowest BCUT2D eigenvalue weighted by molar-refractivity contribution is 0.193. The first-order valence-electron chi connectivity index (χ1n) is 6.11. The summed E-state index contributed by atoms with van der Waals surface area (Å²) in [6.45, 7) is 10.2. The molecule has 2 rings (SSSR count). The van der Waals surface area contributed by atoms with E-state index in [1.807, 2.05) is 25.7 Å². The number of hydrogen-bond donors (Lipinski definition) is 1. The van der Waals surface area contributed by atoms with Gasteiger partial charge in [-0.2, -0.15) is 0 Å². The van der Waals surface area contributed by atoms with Gasteiger partial charge in [-0.25, -0.2) is 4.79 Å². The molecule has 0 spiro atoms. The van der Waals surface area contributed by atoms with Crippen molar-refractivity contribution in [1.29, 1.82) is 0 Å². The van der Waals surface area contributed by atoms with Crippen molar-refractivity contribution in [3.63, 3.8) is 0 Å². The molecular formula is C12H23N3O. The van der Waals surface area contributed by atoms with Crippen LogP contribution in [0, 0.1) is 11.8 Å². The molecule has 0 saturated carbocycles. The zero-order valence-corrected chi connectivity index (χ0v) is 10.8. The SMILES string of the molecule is CN1C[C@@H]2CN(C(=O)NC(C)(C)C)C[C@@H]2C1. The largest absolute Gasteiger partial charge is 0.333 e. The molecule has 2 atom stereocenters. The molecular weight excluding hydrogens is 202 g/mol. The number of likely N-dealkylation sites (tertiary alicyclic amines) is 2. The first kappa shape index (κ1) is 11.7. The van der Waals surface area contributed by atoms with Crippen molar-refractivity contribution in [2.75, 3.05) is 33.2 Å². The van der Waals surface area contributed by atoms with Crippen LogP contribution in [0.4, 0.5) is 4.79 Å². The van der Waals surface area contributed by atoms with E-state index in [9.17, 15) is 4.79 Å². The number of fused-ring (bicyclic) bond motifs is 1. The van der Waals surface area contributed by atoms with Gasteiger partial charge in [0.15, 0.2) is 0 Å². The zero-order valence-electron chi connectivity index (χ0n) is 10.8. The number of carbonyl (C=O) groups is 1. The number of urea groups is 1. The molecule has 4 heteroatoms. The summed E-state index contributed by atoms with van der Waals surface area (Å²) in [4.78, 5) is 16.3. The van der Waals surface area contributed by atoms with Gasteiger partial charge >= 0.3 is 6.03 Å². The quantitative estimate of drug-likeness (QED) is 0.667. The van der Waals surface area contributed by atoms with E-state index in [1.165, 1.54) is 0 Å². The Bertz CT molecular complexity index is 270. The van der Waals surface area contributed by atoms with E-state index >= 15 is 0 Å². The summed E-state index contributed by atoms with van der Waals surface area (Å²) < 4.78 is 0. The standard InChI is InChI=1S/C12H23N3O/c1-12(2,3)13-11(16)15-7-9-5-14(4)6-10(9)8-15/h9-10H,5-8H2,1-4H3,(H,13,16)/t9-,10+. The van der Waals surface area contributed by atoms with Crippen molar-refractivity contribution in [2.24, 2.45) is 11.8 Å². The molecule has 2 fully saturated rings. The molecule has 1 N–H and O–H groups in total. The average molecular weight is 225 g/mol. The number of nitrogens with zero attached hydrogens (tertiary/aromatic N) is 2. The van der Waals surface area contributed by atoms with Crippen molar-refractivity contribution in [3.8, 4) is 0 Å². The van der Waals surface area contributed by atoms with Gasteiger partial charge in [0.1, 0.15) is 0 Å². The molecule has 92 valence electrons. The Morgan fingerprint density at radius 3 is 2.06 bits per heavy atom. The summed E-state index contributed by atoms with van der Waals surface area (Å²) in [5.41, 5.74) is -0.133. The number of hydrogen-bond acceptors (Lipinski definition) is 2. The molecule has 2 amide bonds. The second-order valence-electron chi connectivity index (χ2n) is 6.33. The molecule has 0 aromatic heterocycles. The Morgan fingerprint density at radius 1 is 1.12 bits per heavy atom. The molecule has 0 bridgehead atoms. The van der Waals surface area contributed by atoms with Crippen molar-refractivity contribution >= 4 is 6.03 Å². The minimum absolute atomic E-state index is 0.101. The van der Waals surface area contributed by atoms with Crippen molar-refractivity contribution in [1.82, 2.24) is 15.1 Å². The monoisotopic (exact) mass is 225 g/mol. The van der Waals surface area contributed by atoms with Gasteiger partial charge in [0, 0.05) is 31.7 Å². The highest BCUT2D eigenvalue weighted by molar-refractivity contribution is 5.75. The lowest BCUT2D eigenvalue weighted by Gasteiger charge is -2.26. The normalized spacial score (nSPS) is 30.6. The third-order valence-corrected chi connectivity index (χ3v) is 3.44. The van der Waals surface area contributed by atoms with Gasteiger partial charge in [0.2, 0.25) is 0 Å². The Morgan fingerprint density at radius 2 is 1.62 bits per heavy atom. The van der Waals surface area contributed by atoms with E-state index in [1.54, 1.807) is 0 Å². The smallest absolute Gasteiger partial charge is 0.317 e. The third kappa shape index (κ3) is 2.48. The van der Waals surface area contributed by atoms with Crippen LogP contribution >= 0.6 is 0 Å². The third-order valence-electron chi connectivity index (χ3n) is 3.44. The van der Waals surface area contributed by atoms with E-state index in [4.69, 9.17) is 0 Å². The van der Waals surface area contributed by atoms with Crippen LogP contribution < -0.4 is 5.32 Å². The number of nitrogens with one attached hydrogen (secondary N) is 1. The van der Waals surface area contributed by atoms with Gasteiger partial charge in [0.25, 0.3) is 0 Å². The summed E-state index contributed by atoms with van der Waals surface area (Å²) >= 11 is 0. The van der Waals surface area contributed by atoms with Crippen LogP contribution in [0.15, 0.2) is 0 Å². The van der Waals surface area contributed by atoms with Gasteiger partial charge in [-0.15, -0.1) is 0 Å². The predicted molar refractivity (Wildman–Crippen MR) is 64.3 cm³/mol. The summed E-state index contributed by atoms with van der Waals surface area (Å²) in [5.74, 6) is 1.38. The van der Waals surface area contributed by atoms with Crippen molar-refractivity contribution < 1.29 is 4.79 Å². The molecule has 0 aliphatic carbocycles. The van der Waals surface area contributed by atoms with Gasteiger partial charge in [0.05, 0.1) is 0 Å². The van der Waals surface area contributed by atoms with E-state index in [2.05, 4.69) is 17.3 Å². The van der Waals surface area contributed by atoms with Gasteiger partial charge < -0.3 is 15.1 Å². The van der Waals surface area contributed by atoms with Crippen molar-refractivity contribution in [3.05, 3.63) is 0 Å². The first-order chi connectivity index (χ1) is 7.35. The van der Waals surface area contributed by atoms with E-state index < -0.39 is 0 Å². The number of amides is 2. The molecule has 0 aromatic rings.